The van der Waals surface area contributed by atoms with Gasteiger partial charge in [0, 0.05) is 31.6 Å². The number of likely N-dealkylation sites (tertiary alicyclic amines) is 1. The van der Waals surface area contributed by atoms with Crippen LogP contribution in [0.5, 0.6) is 0 Å². The van der Waals surface area contributed by atoms with Crippen molar-refractivity contribution in [2.45, 2.75) is 46.0 Å². The number of nitrogens with zero attached hydrogens (tertiary/aromatic N) is 1. The van der Waals surface area contributed by atoms with Crippen molar-refractivity contribution in [3.05, 3.63) is 29.8 Å². The lowest BCUT2D eigenvalue weighted by molar-refractivity contribution is -0.134. The molecule has 1 aliphatic heterocycles. The minimum absolute atomic E-state index is 0.0908. The molecule has 0 bridgehead atoms. The number of hydrogen-bond donors (Lipinski definition) is 1. The van der Waals surface area contributed by atoms with Gasteiger partial charge in [0.2, 0.25) is 11.8 Å². The first kappa shape index (κ1) is 16.5. The van der Waals surface area contributed by atoms with Gasteiger partial charge in [0.1, 0.15) is 0 Å². The highest BCUT2D eigenvalue weighted by Crippen LogP contribution is 2.17. The van der Waals surface area contributed by atoms with E-state index in [2.05, 4.69) is 19.2 Å². The molecule has 0 saturated carbocycles. The zero-order valence-electron chi connectivity index (χ0n) is 13.6. The molecule has 0 spiro atoms. The van der Waals surface area contributed by atoms with E-state index in [9.17, 15) is 9.59 Å². The zero-order chi connectivity index (χ0) is 15.9. The molecule has 1 aliphatic rings. The number of carbonyl (C=O) groups is 2. The summed E-state index contributed by atoms with van der Waals surface area (Å²) in [5.74, 6) is 0.717. The molecular formula is C18H26N2O2. The van der Waals surface area contributed by atoms with Crippen LogP contribution in [0.4, 0.5) is 5.69 Å². The van der Waals surface area contributed by atoms with Gasteiger partial charge < -0.3 is 10.2 Å². The average molecular weight is 302 g/mol. The molecule has 0 atom stereocenters. The summed E-state index contributed by atoms with van der Waals surface area (Å²) in [6.07, 6.45) is 3.63. The van der Waals surface area contributed by atoms with Crippen molar-refractivity contribution < 1.29 is 9.59 Å². The Bertz CT molecular complexity index is 520. The highest BCUT2D eigenvalue weighted by Gasteiger charge is 2.20. The third-order valence-electron chi connectivity index (χ3n) is 4.32. The Morgan fingerprint density at radius 1 is 1.23 bits per heavy atom. The van der Waals surface area contributed by atoms with Gasteiger partial charge in [0.05, 0.1) is 0 Å². The average Bonchev–Trinajstić information content (AvgIpc) is 2.53. The Morgan fingerprint density at radius 3 is 2.64 bits per heavy atom. The van der Waals surface area contributed by atoms with E-state index in [0.717, 1.165) is 38.0 Å². The number of nitrogens with one attached hydrogen (secondary N) is 1. The van der Waals surface area contributed by atoms with Crippen molar-refractivity contribution in [2.75, 3.05) is 18.4 Å². The summed E-state index contributed by atoms with van der Waals surface area (Å²) < 4.78 is 0. The van der Waals surface area contributed by atoms with Crippen LogP contribution >= 0.6 is 0 Å². The number of anilines is 1. The fourth-order valence-electron chi connectivity index (χ4n) is 2.73. The number of aryl methyl sites for hydroxylation is 1. The first-order chi connectivity index (χ1) is 10.6. The van der Waals surface area contributed by atoms with Gasteiger partial charge in [-0.15, -0.1) is 0 Å². The molecule has 2 amide bonds. The van der Waals surface area contributed by atoms with Gasteiger partial charge in [-0.3, -0.25) is 9.59 Å². The van der Waals surface area contributed by atoms with Crippen molar-refractivity contribution in [2.24, 2.45) is 5.92 Å². The second-order valence-electron chi connectivity index (χ2n) is 6.17. The maximum atomic E-state index is 12.1. The van der Waals surface area contributed by atoms with E-state index in [1.165, 1.54) is 5.56 Å². The fourth-order valence-corrected chi connectivity index (χ4v) is 2.73. The largest absolute Gasteiger partial charge is 0.343 e. The molecule has 22 heavy (non-hydrogen) atoms. The van der Waals surface area contributed by atoms with Gasteiger partial charge in [-0.25, -0.2) is 0 Å². The van der Waals surface area contributed by atoms with Gasteiger partial charge in [0.15, 0.2) is 0 Å². The number of benzene rings is 1. The Kier molecular flexibility index (Phi) is 5.99. The van der Waals surface area contributed by atoms with Crippen LogP contribution < -0.4 is 5.32 Å². The van der Waals surface area contributed by atoms with Crippen LogP contribution in [-0.4, -0.2) is 29.8 Å². The Hall–Kier alpha value is -1.84. The molecule has 1 N–H and O–H groups in total. The third-order valence-corrected chi connectivity index (χ3v) is 4.32. The van der Waals surface area contributed by atoms with Crippen LogP contribution in [0.2, 0.25) is 0 Å². The first-order valence-corrected chi connectivity index (χ1v) is 8.25. The minimum atomic E-state index is -0.0908. The van der Waals surface area contributed by atoms with E-state index < -0.39 is 0 Å². The quantitative estimate of drug-likeness (QED) is 0.908. The summed E-state index contributed by atoms with van der Waals surface area (Å²) in [6.45, 7) is 5.97. The van der Waals surface area contributed by atoms with E-state index in [1.807, 2.05) is 29.2 Å². The summed E-state index contributed by atoms with van der Waals surface area (Å²) in [4.78, 5) is 26.0. The standard InChI is InChI=1S/C18H26N2O2/c1-3-15-5-4-6-16(13-15)19-17(21)7-8-18(22)20-11-9-14(2)10-12-20/h4-6,13-14H,3,7-12H2,1-2H3,(H,19,21). The van der Waals surface area contributed by atoms with Gasteiger partial charge in [0.25, 0.3) is 0 Å². The summed E-state index contributed by atoms with van der Waals surface area (Å²) in [5, 5.41) is 2.87. The molecule has 4 heteroatoms. The van der Waals surface area contributed by atoms with Gasteiger partial charge in [-0.2, -0.15) is 0 Å². The predicted molar refractivity (Wildman–Crippen MR) is 88.7 cm³/mol. The monoisotopic (exact) mass is 302 g/mol. The molecule has 0 unspecified atom stereocenters. The lowest BCUT2D eigenvalue weighted by Gasteiger charge is -2.30. The number of hydrogen-bond acceptors (Lipinski definition) is 2. The van der Waals surface area contributed by atoms with Crippen LogP contribution in [-0.2, 0) is 16.0 Å². The van der Waals surface area contributed by atoms with Crippen molar-refractivity contribution in [1.29, 1.82) is 0 Å². The van der Waals surface area contributed by atoms with E-state index in [-0.39, 0.29) is 18.2 Å². The summed E-state index contributed by atoms with van der Waals surface area (Å²) in [7, 11) is 0. The molecule has 1 heterocycles. The highest BCUT2D eigenvalue weighted by molar-refractivity contribution is 5.93. The van der Waals surface area contributed by atoms with Gasteiger partial charge in [-0.05, 0) is 42.9 Å². The van der Waals surface area contributed by atoms with Crippen molar-refractivity contribution in [1.82, 2.24) is 4.90 Å². The second-order valence-corrected chi connectivity index (χ2v) is 6.17. The molecule has 1 fully saturated rings. The normalized spacial score (nSPS) is 15.6. The molecule has 0 aromatic heterocycles. The molecule has 1 aromatic carbocycles. The zero-order valence-corrected chi connectivity index (χ0v) is 13.6. The lowest BCUT2D eigenvalue weighted by Crippen LogP contribution is -2.38. The smallest absolute Gasteiger partial charge is 0.224 e. The summed E-state index contributed by atoms with van der Waals surface area (Å²) in [6, 6.07) is 7.83. The second kappa shape index (κ2) is 7.97. The molecule has 120 valence electrons. The minimum Gasteiger partial charge on any atom is -0.343 e. The van der Waals surface area contributed by atoms with Crippen LogP contribution in [0.3, 0.4) is 0 Å². The predicted octanol–water partition coefficient (Wildman–Crippen LogP) is 3.23. The van der Waals surface area contributed by atoms with Crippen LogP contribution in [0, 0.1) is 5.92 Å². The number of piperidine rings is 1. The maximum absolute atomic E-state index is 12.1. The molecule has 1 saturated heterocycles. The third kappa shape index (κ3) is 4.86. The van der Waals surface area contributed by atoms with Crippen molar-refractivity contribution in [3.8, 4) is 0 Å². The summed E-state index contributed by atoms with van der Waals surface area (Å²) in [5.41, 5.74) is 2.00. The Morgan fingerprint density at radius 2 is 1.95 bits per heavy atom. The van der Waals surface area contributed by atoms with Crippen molar-refractivity contribution >= 4 is 17.5 Å². The molecule has 0 aliphatic carbocycles. The summed E-state index contributed by atoms with van der Waals surface area (Å²) >= 11 is 0. The molecule has 4 nitrogen and oxygen atoms in total. The number of rotatable bonds is 5. The van der Waals surface area contributed by atoms with Gasteiger partial charge >= 0.3 is 0 Å². The molecule has 0 radical (unpaired) electrons. The maximum Gasteiger partial charge on any atom is 0.224 e. The van der Waals surface area contributed by atoms with E-state index in [1.54, 1.807) is 0 Å². The SMILES string of the molecule is CCc1cccc(NC(=O)CCC(=O)N2CCC(C)CC2)c1. The number of amides is 2. The highest BCUT2D eigenvalue weighted by atomic mass is 16.2. The topological polar surface area (TPSA) is 49.4 Å². The first-order valence-electron chi connectivity index (χ1n) is 8.25. The lowest BCUT2D eigenvalue weighted by atomic mass is 9.99. The van der Waals surface area contributed by atoms with Crippen molar-refractivity contribution in [3.63, 3.8) is 0 Å². The molecule has 2 rings (SSSR count). The Labute approximate surface area is 132 Å². The van der Waals surface area contributed by atoms with E-state index >= 15 is 0 Å². The van der Waals surface area contributed by atoms with E-state index in [0.29, 0.717) is 12.3 Å². The Balaban J connectivity index is 1.76. The molecule has 1 aromatic rings. The van der Waals surface area contributed by atoms with Crippen LogP contribution in [0.15, 0.2) is 24.3 Å². The fraction of sp³-hybridized carbons (Fsp3) is 0.556. The van der Waals surface area contributed by atoms with Gasteiger partial charge in [-0.1, -0.05) is 26.0 Å². The molecular weight excluding hydrogens is 276 g/mol. The van der Waals surface area contributed by atoms with Crippen LogP contribution in [0.1, 0.15) is 45.1 Å². The van der Waals surface area contributed by atoms with E-state index in [4.69, 9.17) is 0 Å². The number of carbonyl (C=O) groups excluding carboxylic acids is 2. The van der Waals surface area contributed by atoms with Crippen LogP contribution in [0.25, 0.3) is 0 Å².